The zero-order valence-electron chi connectivity index (χ0n) is 14.1. The summed E-state index contributed by atoms with van der Waals surface area (Å²) < 4.78 is 0. The molecule has 1 aliphatic heterocycles. The minimum atomic E-state index is 0.665. The van der Waals surface area contributed by atoms with E-state index >= 15 is 0 Å². The fraction of sp³-hybridized carbons (Fsp3) is 0.533. The Morgan fingerprint density at radius 1 is 1.04 bits per heavy atom. The van der Waals surface area contributed by atoms with E-state index in [2.05, 4.69) is 45.2 Å². The molecule has 1 aliphatic rings. The molecule has 2 aromatic rings. The molecule has 0 aliphatic carbocycles. The lowest BCUT2D eigenvalue weighted by molar-refractivity contribution is 0.425. The molecule has 0 aromatic carbocycles. The number of hydrogen-bond acceptors (Lipinski definition) is 9. The average molecular weight is 329 g/mol. The number of aromatic nitrogens is 5. The molecule has 0 atom stereocenters. The van der Waals surface area contributed by atoms with Crippen molar-refractivity contribution < 1.29 is 0 Å². The maximum Gasteiger partial charge on any atom is 0.247 e. The normalized spacial score (nSPS) is 15.0. The summed E-state index contributed by atoms with van der Waals surface area (Å²) in [6, 6.07) is 1.83. The second-order valence-electron chi connectivity index (χ2n) is 5.89. The van der Waals surface area contributed by atoms with Gasteiger partial charge in [0.05, 0.1) is 6.20 Å². The molecule has 0 unspecified atom stereocenters. The number of nitrogens with zero attached hydrogens (tertiary/aromatic N) is 8. The molecule has 2 aromatic heterocycles. The molecule has 9 heteroatoms. The quantitative estimate of drug-likeness (QED) is 0.784. The molecule has 1 N–H and O–H groups in total. The smallest absolute Gasteiger partial charge is 0.247 e. The second kappa shape index (κ2) is 7.82. The zero-order valence-corrected chi connectivity index (χ0v) is 14.1. The molecule has 0 bridgehead atoms. The van der Waals surface area contributed by atoms with Gasteiger partial charge in [0.25, 0.3) is 0 Å². The summed E-state index contributed by atoms with van der Waals surface area (Å²) >= 11 is 0. The maximum atomic E-state index is 4.56. The Labute approximate surface area is 141 Å². The minimum Gasteiger partial charge on any atom is -0.367 e. The second-order valence-corrected chi connectivity index (χ2v) is 5.89. The molecule has 128 valence electrons. The number of rotatable bonds is 6. The highest BCUT2D eigenvalue weighted by molar-refractivity contribution is 5.41. The van der Waals surface area contributed by atoms with Crippen LogP contribution in [0.2, 0.25) is 0 Å². The van der Waals surface area contributed by atoms with Crippen LogP contribution in [0.5, 0.6) is 0 Å². The lowest BCUT2D eigenvalue weighted by Gasteiger charge is -2.34. The van der Waals surface area contributed by atoms with Gasteiger partial charge in [0, 0.05) is 51.7 Å². The van der Waals surface area contributed by atoms with Gasteiger partial charge in [-0.1, -0.05) is 0 Å². The van der Waals surface area contributed by atoms with Gasteiger partial charge in [0.15, 0.2) is 5.82 Å². The SMILES string of the molecule is CN(C)CCNc1cnnc(N2CCN(c3ncccn3)CC2)n1. The summed E-state index contributed by atoms with van der Waals surface area (Å²) in [5.74, 6) is 2.20. The topological polar surface area (TPSA) is 86.2 Å². The van der Waals surface area contributed by atoms with E-state index in [4.69, 9.17) is 0 Å². The lowest BCUT2D eigenvalue weighted by atomic mass is 10.3. The fourth-order valence-corrected chi connectivity index (χ4v) is 2.48. The molecule has 0 amide bonds. The van der Waals surface area contributed by atoms with Crippen molar-refractivity contribution in [2.75, 3.05) is 68.5 Å². The van der Waals surface area contributed by atoms with E-state index in [0.717, 1.165) is 51.0 Å². The number of anilines is 3. The van der Waals surface area contributed by atoms with Gasteiger partial charge in [0.2, 0.25) is 11.9 Å². The zero-order chi connectivity index (χ0) is 16.8. The Morgan fingerprint density at radius 3 is 2.38 bits per heavy atom. The van der Waals surface area contributed by atoms with Crippen LogP contribution >= 0.6 is 0 Å². The fourth-order valence-electron chi connectivity index (χ4n) is 2.48. The van der Waals surface area contributed by atoms with Crippen molar-refractivity contribution in [2.45, 2.75) is 0 Å². The maximum absolute atomic E-state index is 4.56. The Kier molecular flexibility index (Phi) is 5.32. The molecule has 0 spiro atoms. The first-order valence-corrected chi connectivity index (χ1v) is 8.07. The standard InChI is InChI=1S/C15H23N9/c1-22(2)7-6-16-13-12-19-21-15(20-13)24-10-8-23(9-11-24)14-17-4-3-5-18-14/h3-5,12H,6-11H2,1-2H3,(H,16,20,21). The van der Waals surface area contributed by atoms with Crippen LogP contribution in [0.4, 0.5) is 17.7 Å². The van der Waals surface area contributed by atoms with Gasteiger partial charge in [-0.25, -0.2) is 9.97 Å². The van der Waals surface area contributed by atoms with E-state index in [0.29, 0.717) is 5.95 Å². The summed E-state index contributed by atoms with van der Waals surface area (Å²) in [5, 5.41) is 11.5. The monoisotopic (exact) mass is 329 g/mol. The first kappa shape index (κ1) is 16.3. The largest absolute Gasteiger partial charge is 0.367 e. The van der Waals surface area contributed by atoms with Crippen molar-refractivity contribution >= 4 is 17.7 Å². The van der Waals surface area contributed by atoms with Gasteiger partial charge in [-0.3, -0.25) is 0 Å². The van der Waals surface area contributed by atoms with Crippen LogP contribution in [0.3, 0.4) is 0 Å². The summed E-state index contributed by atoms with van der Waals surface area (Å²) in [6.07, 6.45) is 5.20. The van der Waals surface area contributed by atoms with Crippen LogP contribution in [0.1, 0.15) is 0 Å². The van der Waals surface area contributed by atoms with Gasteiger partial charge in [-0.15, -0.1) is 5.10 Å². The van der Waals surface area contributed by atoms with Crippen molar-refractivity contribution in [3.8, 4) is 0 Å². The van der Waals surface area contributed by atoms with Gasteiger partial charge in [-0.2, -0.15) is 10.1 Å². The first-order chi connectivity index (χ1) is 11.7. The highest BCUT2D eigenvalue weighted by Crippen LogP contribution is 2.14. The minimum absolute atomic E-state index is 0.665. The van der Waals surface area contributed by atoms with Crippen LogP contribution < -0.4 is 15.1 Å². The van der Waals surface area contributed by atoms with Crippen molar-refractivity contribution in [2.24, 2.45) is 0 Å². The Morgan fingerprint density at radius 2 is 1.71 bits per heavy atom. The summed E-state index contributed by atoms with van der Waals surface area (Å²) in [4.78, 5) is 19.6. The molecule has 9 nitrogen and oxygen atoms in total. The third-order valence-electron chi connectivity index (χ3n) is 3.81. The molecule has 3 rings (SSSR count). The predicted molar refractivity (Wildman–Crippen MR) is 93.3 cm³/mol. The van der Waals surface area contributed by atoms with Crippen molar-refractivity contribution in [1.29, 1.82) is 0 Å². The number of piperazine rings is 1. The van der Waals surface area contributed by atoms with E-state index in [9.17, 15) is 0 Å². The molecule has 1 fully saturated rings. The highest BCUT2D eigenvalue weighted by Gasteiger charge is 2.21. The summed E-state index contributed by atoms with van der Waals surface area (Å²) in [5.41, 5.74) is 0. The van der Waals surface area contributed by atoms with E-state index in [1.54, 1.807) is 18.6 Å². The van der Waals surface area contributed by atoms with Crippen LogP contribution in [0.25, 0.3) is 0 Å². The third kappa shape index (κ3) is 4.25. The molecule has 24 heavy (non-hydrogen) atoms. The first-order valence-electron chi connectivity index (χ1n) is 8.07. The van der Waals surface area contributed by atoms with E-state index in [1.807, 2.05) is 20.2 Å². The molecular weight excluding hydrogens is 306 g/mol. The number of nitrogens with one attached hydrogen (secondary N) is 1. The van der Waals surface area contributed by atoms with Gasteiger partial charge in [-0.05, 0) is 20.2 Å². The van der Waals surface area contributed by atoms with E-state index < -0.39 is 0 Å². The van der Waals surface area contributed by atoms with Crippen molar-refractivity contribution in [3.05, 3.63) is 24.7 Å². The van der Waals surface area contributed by atoms with Crippen LogP contribution in [-0.2, 0) is 0 Å². The molecule has 1 saturated heterocycles. The van der Waals surface area contributed by atoms with Crippen LogP contribution in [0, 0.1) is 0 Å². The lowest BCUT2D eigenvalue weighted by Crippen LogP contribution is -2.47. The molecule has 0 saturated carbocycles. The van der Waals surface area contributed by atoms with E-state index in [1.165, 1.54) is 0 Å². The predicted octanol–water partition coefficient (Wildman–Crippen LogP) is -0.0383. The number of likely N-dealkylation sites (N-methyl/N-ethyl adjacent to an activating group) is 1. The van der Waals surface area contributed by atoms with Crippen LogP contribution in [0.15, 0.2) is 24.7 Å². The van der Waals surface area contributed by atoms with Crippen molar-refractivity contribution in [3.63, 3.8) is 0 Å². The Balaban J connectivity index is 1.56. The Hall–Kier alpha value is -2.55. The Bertz CT molecular complexity index is 626. The van der Waals surface area contributed by atoms with Crippen molar-refractivity contribution in [1.82, 2.24) is 30.0 Å². The van der Waals surface area contributed by atoms with Crippen LogP contribution in [-0.4, -0.2) is 83.4 Å². The molecule has 3 heterocycles. The highest BCUT2D eigenvalue weighted by atomic mass is 15.4. The van der Waals surface area contributed by atoms with E-state index in [-0.39, 0.29) is 0 Å². The number of hydrogen-bond donors (Lipinski definition) is 1. The summed E-state index contributed by atoms with van der Waals surface area (Å²) in [7, 11) is 4.09. The van der Waals surface area contributed by atoms with Gasteiger partial charge < -0.3 is 20.0 Å². The average Bonchev–Trinajstić information content (AvgIpc) is 2.63. The molecule has 0 radical (unpaired) electrons. The van der Waals surface area contributed by atoms with Gasteiger partial charge >= 0.3 is 0 Å². The summed E-state index contributed by atoms with van der Waals surface area (Å²) in [6.45, 7) is 5.08. The molecular formula is C15H23N9. The third-order valence-corrected chi connectivity index (χ3v) is 3.81. The van der Waals surface area contributed by atoms with Gasteiger partial charge in [0.1, 0.15) is 0 Å².